The van der Waals surface area contributed by atoms with Crippen molar-refractivity contribution in [2.45, 2.75) is 0 Å². The van der Waals surface area contributed by atoms with Crippen molar-refractivity contribution in [2.24, 2.45) is 0 Å². The van der Waals surface area contributed by atoms with Crippen LogP contribution in [-0.4, -0.2) is 77.9 Å². The number of nitrogens with zero attached hydrogens (tertiary/aromatic N) is 2. The van der Waals surface area contributed by atoms with Gasteiger partial charge < -0.3 is 0 Å². The Bertz CT molecular complexity index is 1540. The molecule has 236 valence electrons. The van der Waals surface area contributed by atoms with Gasteiger partial charge in [0.25, 0.3) is 0 Å². The molecule has 0 radical (unpaired) electrons. The number of halogens is 6. The Balaban J connectivity index is 0.000000493. The van der Waals surface area contributed by atoms with E-state index in [1.54, 1.807) is 0 Å². The number of benzene rings is 2. The van der Waals surface area contributed by atoms with Gasteiger partial charge in [-0.15, -0.1) is 0 Å². The average Bonchev–Trinajstić information content (AvgIpc) is 3.01. The summed E-state index contributed by atoms with van der Waals surface area (Å²) in [5.41, 5.74) is 14.3. The SMILES string of the molecule is F[P-](F)(F)(F)(F)F.Nc1ccc(C2=CC(c3ccc(N4CCOCC4)cc3)=CC(=C3C=CC(=[N+]4CCOCC4)C=C3)[Se]2)cc1. The minimum atomic E-state index is -10.7. The van der Waals surface area contributed by atoms with E-state index in [-0.39, 0.29) is 15.0 Å². The van der Waals surface area contributed by atoms with Crippen molar-refractivity contribution in [3.8, 4) is 0 Å². The third kappa shape index (κ3) is 9.94. The van der Waals surface area contributed by atoms with Crippen molar-refractivity contribution in [3.63, 3.8) is 0 Å². The Hall–Kier alpha value is -3.14. The summed E-state index contributed by atoms with van der Waals surface area (Å²) < 4.78 is 75.4. The maximum atomic E-state index is 9.87. The second kappa shape index (κ2) is 12.3. The zero-order valence-electron chi connectivity index (χ0n) is 23.7. The minimum absolute atomic E-state index is 0.188. The van der Waals surface area contributed by atoms with Crippen LogP contribution in [-0.2, 0) is 9.47 Å². The maximum absolute atomic E-state index is 10.7. The first-order valence-electron chi connectivity index (χ1n) is 13.9. The second-order valence-corrected chi connectivity index (χ2v) is 14.6. The molecule has 3 heterocycles. The number of anilines is 2. The molecule has 0 atom stereocenters. The molecule has 0 aromatic heterocycles. The first-order chi connectivity index (χ1) is 20.7. The van der Waals surface area contributed by atoms with E-state index in [0.717, 1.165) is 58.3 Å². The topological polar surface area (TPSA) is 50.7 Å². The van der Waals surface area contributed by atoms with Gasteiger partial charge in [0.1, 0.15) is 0 Å². The Morgan fingerprint density at radius 2 is 1.25 bits per heavy atom. The summed E-state index contributed by atoms with van der Waals surface area (Å²) in [5.74, 6) is 0. The van der Waals surface area contributed by atoms with Crippen LogP contribution in [0.25, 0.3) is 10.0 Å². The molecular formula is C31H32F6N3O2PSe. The van der Waals surface area contributed by atoms with Gasteiger partial charge in [0.15, 0.2) is 0 Å². The van der Waals surface area contributed by atoms with Crippen molar-refractivity contribution >= 4 is 49.9 Å². The average molecular weight is 703 g/mol. The third-order valence-corrected chi connectivity index (χ3v) is 9.50. The van der Waals surface area contributed by atoms with Gasteiger partial charge in [-0.25, -0.2) is 0 Å². The van der Waals surface area contributed by atoms with Crippen molar-refractivity contribution in [3.05, 3.63) is 106 Å². The van der Waals surface area contributed by atoms with Crippen LogP contribution in [0.3, 0.4) is 0 Å². The van der Waals surface area contributed by atoms with Crippen LogP contribution in [0.15, 0.2) is 95.0 Å². The number of hydrogen-bond acceptors (Lipinski definition) is 4. The van der Waals surface area contributed by atoms with Gasteiger partial charge >= 0.3 is 259 Å². The first-order valence-corrected chi connectivity index (χ1v) is 17.7. The molecule has 0 amide bonds. The molecule has 4 aliphatic rings. The molecule has 2 saturated heterocycles. The van der Waals surface area contributed by atoms with Gasteiger partial charge in [0.05, 0.1) is 0 Å². The normalized spacial score (nSPS) is 20.7. The van der Waals surface area contributed by atoms with Crippen LogP contribution >= 0.6 is 7.81 Å². The van der Waals surface area contributed by atoms with Gasteiger partial charge in [0.2, 0.25) is 0 Å². The predicted molar refractivity (Wildman–Crippen MR) is 167 cm³/mol. The van der Waals surface area contributed by atoms with E-state index in [1.807, 2.05) is 12.1 Å². The molecule has 3 aliphatic heterocycles. The number of rotatable bonds is 3. The molecule has 2 N–H and O–H groups in total. The van der Waals surface area contributed by atoms with Gasteiger partial charge in [-0.3, -0.25) is 0 Å². The zero-order valence-corrected chi connectivity index (χ0v) is 26.3. The molecule has 0 unspecified atom stereocenters. The van der Waals surface area contributed by atoms with Crippen LogP contribution in [0.4, 0.5) is 36.6 Å². The van der Waals surface area contributed by atoms with Crippen LogP contribution in [0.1, 0.15) is 11.1 Å². The predicted octanol–water partition coefficient (Wildman–Crippen LogP) is 7.49. The Kier molecular flexibility index (Phi) is 9.04. The fourth-order valence-electron chi connectivity index (χ4n) is 4.94. The van der Waals surface area contributed by atoms with E-state index in [0.29, 0.717) is 0 Å². The summed E-state index contributed by atoms with van der Waals surface area (Å²) >= 11 is 0.188. The fourth-order valence-corrected chi connectivity index (χ4v) is 7.29. The first kappa shape index (κ1) is 32.3. The number of hydrogen-bond donors (Lipinski definition) is 1. The van der Waals surface area contributed by atoms with Gasteiger partial charge in [-0.05, 0) is 0 Å². The summed E-state index contributed by atoms with van der Waals surface area (Å²) in [6.07, 6.45) is 13.8. The molecule has 6 rings (SSSR count). The Morgan fingerprint density at radius 1 is 0.705 bits per heavy atom. The van der Waals surface area contributed by atoms with E-state index < -0.39 is 7.81 Å². The van der Waals surface area contributed by atoms with E-state index in [9.17, 15) is 25.2 Å². The Labute approximate surface area is 258 Å². The number of ether oxygens (including phenoxy) is 2. The number of allylic oxidation sites excluding steroid dienone is 9. The van der Waals surface area contributed by atoms with Crippen molar-refractivity contribution in [1.29, 1.82) is 0 Å². The van der Waals surface area contributed by atoms with Crippen molar-refractivity contribution < 1.29 is 39.2 Å². The molecule has 2 aromatic rings. The molecule has 0 saturated carbocycles. The van der Waals surface area contributed by atoms with Crippen LogP contribution in [0.2, 0.25) is 0 Å². The molecule has 2 aromatic carbocycles. The fraction of sp³-hybridized carbons (Fsp3) is 0.258. The summed E-state index contributed by atoms with van der Waals surface area (Å²) in [5, 5.41) is 0. The van der Waals surface area contributed by atoms with Gasteiger partial charge in [-0.2, -0.15) is 0 Å². The third-order valence-electron chi connectivity index (χ3n) is 7.09. The summed E-state index contributed by atoms with van der Waals surface area (Å²) in [6.45, 7) is 7.00. The number of morpholine rings is 2. The molecule has 5 nitrogen and oxygen atoms in total. The van der Waals surface area contributed by atoms with Gasteiger partial charge in [-0.1, -0.05) is 0 Å². The van der Waals surface area contributed by atoms with Crippen molar-refractivity contribution in [2.75, 3.05) is 63.2 Å². The standard InChI is InChI=1S/C31H31N3O2Se.F6P/c32-27-7-1-24(2-8-27)30-21-26(23-3-9-28(10-4-23)33-13-17-35-18-14-33)22-31(37-30)25-5-11-29(12-6-25)34-15-19-36-20-16-34;1-7(2,3,4,5)6/h1-12,21-22,32H,13-20H2;/q;-1/p+1. The molecule has 0 bridgehead atoms. The molecule has 2 fully saturated rings. The van der Waals surface area contributed by atoms with Crippen LogP contribution in [0.5, 0.6) is 0 Å². The Morgan fingerprint density at radius 3 is 1.84 bits per heavy atom. The quantitative estimate of drug-likeness (QED) is 0.119. The van der Waals surface area contributed by atoms with E-state index in [4.69, 9.17) is 15.2 Å². The zero-order chi connectivity index (χ0) is 31.4. The molecule has 44 heavy (non-hydrogen) atoms. The number of nitrogen functional groups attached to an aromatic ring is 1. The van der Waals surface area contributed by atoms with Crippen LogP contribution in [0, 0.1) is 0 Å². The van der Waals surface area contributed by atoms with Crippen molar-refractivity contribution in [1.82, 2.24) is 0 Å². The molecule has 0 spiro atoms. The summed E-state index contributed by atoms with van der Waals surface area (Å²) in [6, 6.07) is 17.3. The summed E-state index contributed by atoms with van der Waals surface area (Å²) in [7, 11) is -10.7. The molecular weight excluding hydrogens is 670 g/mol. The van der Waals surface area contributed by atoms with Crippen LogP contribution < -0.4 is 10.6 Å². The summed E-state index contributed by atoms with van der Waals surface area (Å²) in [4.78, 5) is 2.40. The monoisotopic (exact) mass is 703 g/mol. The second-order valence-electron chi connectivity index (χ2n) is 10.4. The number of nitrogens with two attached hydrogens (primary N) is 1. The van der Waals surface area contributed by atoms with E-state index >= 15 is 0 Å². The van der Waals surface area contributed by atoms with E-state index in [2.05, 4.69) is 82.3 Å². The molecule has 1 aliphatic carbocycles. The molecule has 13 heteroatoms. The van der Waals surface area contributed by atoms with Gasteiger partial charge in [0, 0.05) is 0 Å². The van der Waals surface area contributed by atoms with E-state index in [1.165, 1.54) is 42.6 Å².